The molecule has 8 heteroatoms. The van der Waals surface area contributed by atoms with Crippen molar-refractivity contribution in [1.29, 1.82) is 0 Å². The lowest BCUT2D eigenvalue weighted by Crippen LogP contribution is -2.16. The minimum Gasteiger partial charge on any atom is -0.326 e. The Hall–Kier alpha value is -3.13. The molecule has 1 aliphatic rings. The zero-order chi connectivity index (χ0) is 21.3. The molecule has 2 N–H and O–H groups in total. The van der Waals surface area contributed by atoms with E-state index < -0.39 is 23.6 Å². The molecule has 0 spiro atoms. The fraction of sp³-hybridized carbons (Fsp3) is 0.182. The third-order valence-corrected chi connectivity index (χ3v) is 5.79. The van der Waals surface area contributed by atoms with E-state index >= 15 is 0 Å². The molecule has 3 aromatic rings. The second-order valence-electron chi connectivity index (χ2n) is 7.04. The van der Waals surface area contributed by atoms with Crippen molar-refractivity contribution in [2.24, 2.45) is 5.92 Å². The third-order valence-electron chi connectivity index (χ3n) is 4.93. The smallest absolute Gasteiger partial charge is 0.326 e. The van der Waals surface area contributed by atoms with Crippen LogP contribution in [-0.2, 0) is 11.0 Å². The first-order valence-corrected chi connectivity index (χ1v) is 10.1. The number of hydrogen-bond acceptors (Lipinski definition) is 3. The molecule has 2 unspecified atom stereocenters. The number of thiophene rings is 1. The Labute approximate surface area is 174 Å². The van der Waals surface area contributed by atoms with E-state index in [0.29, 0.717) is 22.7 Å². The van der Waals surface area contributed by atoms with Crippen molar-refractivity contribution >= 4 is 34.5 Å². The highest BCUT2D eigenvalue weighted by atomic mass is 32.1. The molecule has 4 rings (SSSR count). The van der Waals surface area contributed by atoms with Crippen LogP contribution in [0.3, 0.4) is 0 Å². The molecule has 1 fully saturated rings. The van der Waals surface area contributed by atoms with Gasteiger partial charge in [-0.2, -0.15) is 13.2 Å². The maximum Gasteiger partial charge on any atom is 0.416 e. The lowest BCUT2D eigenvalue weighted by atomic mass is 10.0. The SMILES string of the molecule is O=C(Nc1cccc(NC(=O)C2CC2c2ccccc2C(F)(F)F)c1)c1cccs1. The maximum atomic E-state index is 13.2. The minimum absolute atomic E-state index is 0.155. The van der Waals surface area contributed by atoms with Gasteiger partial charge in [0, 0.05) is 17.3 Å². The Bertz CT molecular complexity index is 1080. The Morgan fingerprint density at radius 1 is 0.933 bits per heavy atom. The van der Waals surface area contributed by atoms with E-state index in [4.69, 9.17) is 0 Å². The van der Waals surface area contributed by atoms with Gasteiger partial charge >= 0.3 is 6.18 Å². The summed E-state index contributed by atoms with van der Waals surface area (Å²) in [6.45, 7) is 0. The average Bonchev–Trinajstić information content (AvgIpc) is 3.32. The lowest BCUT2D eigenvalue weighted by molar-refractivity contribution is -0.138. The van der Waals surface area contributed by atoms with Crippen LogP contribution in [0.4, 0.5) is 24.5 Å². The van der Waals surface area contributed by atoms with Gasteiger partial charge in [-0.1, -0.05) is 30.3 Å². The van der Waals surface area contributed by atoms with Gasteiger partial charge in [0.05, 0.1) is 10.4 Å². The molecule has 1 aliphatic carbocycles. The molecule has 1 heterocycles. The van der Waals surface area contributed by atoms with Crippen LogP contribution in [0.2, 0.25) is 0 Å². The summed E-state index contributed by atoms with van der Waals surface area (Å²) in [6, 6.07) is 15.5. The summed E-state index contributed by atoms with van der Waals surface area (Å²) in [7, 11) is 0. The van der Waals surface area contributed by atoms with Gasteiger partial charge in [0.15, 0.2) is 0 Å². The zero-order valence-electron chi connectivity index (χ0n) is 15.6. The van der Waals surface area contributed by atoms with E-state index in [1.165, 1.54) is 23.5 Å². The van der Waals surface area contributed by atoms with Crippen LogP contribution in [0.15, 0.2) is 66.0 Å². The van der Waals surface area contributed by atoms with Crippen molar-refractivity contribution < 1.29 is 22.8 Å². The normalized spacial score (nSPS) is 18.0. The van der Waals surface area contributed by atoms with Crippen molar-refractivity contribution in [2.75, 3.05) is 10.6 Å². The summed E-state index contributed by atoms with van der Waals surface area (Å²) in [6.07, 6.45) is -4.08. The number of alkyl halides is 3. The van der Waals surface area contributed by atoms with E-state index in [1.54, 1.807) is 47.8 Å². The summed E-state index contributed by atoms with van der Waals surface area (Å²) in [4.78, 5) is 25.3. The van der Waals surface area contributed by atoms with Crippen molar-refractivity contribution in [3.05, 3.63) is 82.0 Å². The summed E-state index contributed by atoms with van der Waals surface area (Å²) in [5.74, 6) is -1.55. The van der Waals surface area contributed by atoms with E-state index in [0.717, 1.165) is 6.07 Å². The average molecular weight is 430 g/mol. The Morgan fingerprint density at radius 3 is 2.37 bits per heavy atom. The molecule has 2 amide bonds. The molecule has 4 nitrogen and oxygen atoms in total. The zero-order valence-corrected chi connectivity index (χ0v) is 16.4. The van der Waals surface area contributed by atoms with Gasteiger partial charge in [-0.3, -0.25) is 9.59 Å². The standard InChI is InChI=1S/C22H17F3N2O2S/c23-22(24,25)18-8-2-1-7-15(18)16-12-17(16)20(28)26-13-5-3-6-14(11-13)27-21(29)19-9-4-10-30-19/h1-11,16-17H,12H2,(H,26,28)(H,27,29). The van der Waals surface area contributed by atoms with Gasteiger partial charge < -0.3 is 10.6 Å². The van der Waals surface area contributed by atoms with Crippen LogP contribution in [0.25, 0.3) is 0 Å². The van der Waals surface area contributed by atoms with Crippen LogP contribution in [-0.4, -0.2) is 11.8 Å². The predicted octanol–water partition coefficient (Wildman–Crippen LogP) is 5.76. The molecular weight excluding hydrogens is 413 g/mol. The first-order chi connectivity index (χ1) is 14.3. The van der Waals surface area contributed by atoms with Crippen LogP contribution in [0.5, 0.6) is 0 Å². The number of rotatable bonds is 5. The van der Waals surface area contributed by atoms with Crippen molar-refractivity contribution in [2.45, 2.75) is 18.5 Å². The van der Waals surface area contributed by atoms with Gasteiger partial charge in [0.25, 0.3) is 5.91 Å². The highest BCUT2D eigenvalue weighted by Gasteiger charge is 2.47. The number of nitrogens with one attached hydrogen (secondary N) is 2. The van der Waals surface area contributed by atoms with Crippen molar-refractivity contribution in [3.63, 3.8) is 0 Å². The molecule has 0 radical (unpaired) electrons. The number of carbonyl (C=O) groups is 2. The number of carbonyl (C=O) groups excluding carboxylic acids is 2. The number of hydrogen-bond donors (Lipinski definition) is 2. The topological polar surface area (TPSA) is 58.2 Å². The summed E-state index contributed by atoms with van der Waals surface area (Å²) in [5.41, 5.74) is 0.449. The second kappa shape index (κ2) is 7.95. The molecule has 1 aromatic heterocycles. The molecule has 2 aromatic carbocycles. The fourth-order valence-corrected chi connectivity index (χ4v) is 4.04. The van der Waals surface area contributed by atoms with E-state index in [-0.39, 0.29) is 17.4 Å². The molecule has 0 bridgehead atoms. The number of benzene rings is 2. The predicted molar refractivity (Wildman–Crippen MR) is 110 cm³/mol. The Balaban J connectivity index is 1.42. The lowest BCUT2D eigenvalue weighted by Gasteiger charge is -2.12. The van der Waals surface area contributed by atoms with Gasteiger partial charge in [0.2, 0.25) is 5.91 Å². The van der Waals surface area contributed by atoms with E-state index in [1.807, 2.05) is 0 Å². The van der Waals surface area contributed by atoms with E-state index in [9.17, 15) is 22.8 Å². The molecule has 1 saturated carbocycles. The van der Waals surface area contributed by atoms with Gasteiger partial charge in [-0.25, -0.2) is 0 Å². The molecular formula is C22H17F3N2O2S. The largest absolute Gasteiger partial charge is 0.416 e. The van der Waals surface area contributed by atoms with Crippen molar-refractivity contribution in [1.82, 2.24) is 0 Å². The van der Waals surface area contributed by atoms with Gasteiger partial charge in [0.1, 0.15) is 0 Å². The van der Waals surface area contributed by atoms with Crippen LogP contribution >= 0.6 is 11.3 Å². The summed E-state index contributed by atoms with van der Waals surface area (Å²) in [5, 5.41) is 7.30. The highest BCUT2D eigenvalue weighted by Crippen LogP contribution is 2.51. The second-order valence-corrected chi connectivity index (χ2v) is 7.98. The Morgan fingerprint density at radius 2 is 1.67 bits per heavy atom. The molecule has 2 atom stereocenters. The molecule has 0 saturated heterocycles. The third kappa shape index (κ3) is 4.38. The summed E-state index contributed by atoms with van der Waals surface area (Å²) >= 11 is 1.32. The first kappa shape index (κ1) is 20.2. The van der Waals surface area contributed by atoms with Crippen LogP contribution in [0, 0.1) is 5.92 Å². The van der Waals surface area contributed by atoms with Gasteiger partial charge in [-0.15, -0.1) is 11.3 Å². The van der Waals surface area contributed by atoms with Gasteiger partial charge in [-0.05, 0) is 53.6 Å². The maximum absolute atomic E-state index is 13.2. The highest BCUT2D eigenvalue weighted by molar-refractivity contribution is 7.12. The Kier molecular flexibility index (Phi) is 5.34. The fourth-order valence-electron chi connectivity index (χ4n) is 3.42. The quantitative estimate of drug-likeness (QED) is 0.541. The summed E-state index contributed by atoms with van der Waals surface area (Å²) < 4.78 is 39.7. The molecule has 154 valence electrons. The van der Waals surface area contributed by atoms with Crippen molar-refractivity contribution in [3.8, 4) is 0 Å². The van der Waals surface area contributed by atoms with Crippen LogP contribution < -0.4 is 10.6 Å². The van der Waals surface area contributed by atoms with E-state index in [2.05, 4.69) is 10.6 Å². The minimum atomic E-state index is -4.45. The number of halogens is 3. The molecule has 0 aliphatic heterocycles. The monoisotopic (exact) mass is 430 g/mol. The number of anilines is 2. The van der Waals surface area contributed by atoms with Crippen LogP contribution in [0.1, 0.15) is 33.1 Å². The number of amides is 2. The molecule has 30 heavy (non-hydrogen) atoms. The first-order valence-electron chi connectivity index (χ1n) is 9.25.